The summed E-state index contributed by atoms with van der Waals surface area (Å²) in [6.07, 6.45) is 0.646. The normalized spacial score (nSPS) is 29.4. The molecule has 0 radical (unpaired) electrons. The molecular formula is C14H25N3OS2. The second kappa shape index (κ2) is 6.28. The monoisotopic (exact) mass is 315 g/mol. The van der Waals surface area contributed by atoms with Gasteiger partial charge in [0.15, 0.2) is 5.82 Å². The van der Waals surface area contributed by atoms with Crippen molar-refractivity contribution in [3.63, 3.8) is 0 Å². The van der Waals surface area contributed by atoms with Crippen molar-refractivity contribution in [2.24, 2.45) is 11.1 Å². The van der Waals surface area contributed by atoms with E-state index < -0.39 is 0 Å². The van der Waals surface area contributed by atoms with E-state index in [-0.39, 0.29) is 11.5 Å². The fourth-order valence-corrected chi connectivity index (χ4v) is 4.73. The second-order valence-corrected chi connectivity index (χ2v) is 9.59. The maximum Gasteiger partial charge on any atom is 0.228 e. The maximum atomic E-state index is 6.17. The topological polar surface area (TPSA) is 64.9 Å². The van der Waals surface area contributed by atoms with E-state index in [1.165, 1.54) is 0 Å². The summed E-state index contributed by atoms with van der Waals surface area (Å²) in [6.45, 7) is 10.9. The second-order valence-electron chi connectivity index (χ2n) is 6.59. The van der Waals surface area contributed by atoms with Crippen LogP contribution in [0.25, 0.3) is 0 Å². The lowest BCUT2D eigenvalue weighted by Crippen LogP contribution is -2.37. The molecule has 0 aromatic carbocycles. The quantitative estimate of drug-likeness (QED) is 0.923. The van der Waals surface area contributed by atoms with Crippen LogP contribution in [-0.4, -0.2) is 32.4 Å². The molecule has 1 aliphatic heterocycles. The molecule has 4 nitrogen and oxygen atoms in total. The molecule has 1 aromatic heterocycles. The molecule has 2 rings (SSSR count). The van der Waals surface area contributed by atoms with Crippen molar-refractivity contribution in [2.75, 3.05) is 5.75 Å². The largest absolute Gasteiger partial charge is 0.339 e. The third-order valence-corrected chi connectivity index (χ3v) is 7.22. The predicted molar refractivity (Wildman–Crippen MR) is 87.1 cm³/mol. The van der Waals surface area contributed by atoms with Gasteiger partial charge in [0, 0.05) is 28.7 Å². The van der Waals surface area contributed by atoms with E-state index in [9.17, 15) is 0 Å². The summed E-state index contributed by atoms with van der Waals surface area (Å²) < 4.78 is 5.38. The van der Waals surface area contributed by atoms with Crippen LogP contribution in [0.2, 0.25) is 0 Å². The van der Waals surface area contributed by atoms with Gasteiger partial charge in [0.05, 0.1) is 5.25 Å². The minimum atomic E-state index is 0.0307. The third kappa shape index (κ3) is 3.92. The highest BCUT2D eigenvalue weighted by atomic mass is 32.2. The number of nitrogens with zero attached hydrogens (tertiary/aromatic N) is 2. The lowest BCUT2D eigenvalue weighted by Gasteiger charge is -2.29. The first-order valence-corrected chi connectivity index (χ1v) is 9.11. The van der Waals surface area contributed by atoms with E-state index in [0.29, 0.717) is 28.1 Å². The summed E-state index contributed by atoms with van der Waals surface area (Å²) in [5.74, 6) is 2.55. The lowest BCUT2D eigenvalue weighted by atomic mass is 9.85. The van der Waals surface area contributed by atoms with Crippen molar-refractivity contribution in [3.05, 3.63) is 11.7 Å². The average Bonchev–Trinajstić information content (AvgIpc) is 2.80. The van der Waals surface area contributed by atoms with E-state index in [2.05, 4.69) is 44.8 Å². The molecule has 1 saturated heterocycles. The molecule has 6 heteroatoms. The van der Waals surface area contributed by atoms with Gasteiger partial charge in [-0.3, -0.25) is 0 Å². The molecule has 1 aliphatic rings. The number of nitrogens with two attached hydrogens (primary N) is 1. The summed E-state index contributed by atoms with van der Waals surface area (Å²) in [7, 11) is 0. The highest BCUT2D eigenvalue weighted by Gasteiger charge is 2.30. The van der Waals surface area contributed by atoms with Crippen LogP contribution in [0.3, 0.4) is 0 Å². The zero-order chi connectivity index (χ0) is 14.9. The smallest absolute Gasteiger partial charge is 0.228 e. The molecule has 1 aromatic rings. The van der Waals surface area contributed by atoms with Crippen molar-refractivity contribution in [2.45, 2.75) is 62.8 Å². The van der Waals surface area contributed by atoms with Gasteiger partial charge < -0.3 is 10.3 Å². The fraction of sp³-hybridized carbons (Fsp3) is 0.857. The van der Waals surface area contributed by atoms with Crippen LogP contribution < -0.4 is 5.73 Å². The molecule has 0 amide bonds. The Morgan fingerprint density at radius 1 is 1.35 bits per heavy atom. The standard InChI is InChI=1S/C14H25N3OS2/c1-8-9(2)20-10(7-19-8)13-16-12(18-17-13)6-11(15)14(3,4)5/h8-11H,6-7,15H2,1-5H3. The summed E-state index contributed by atoms with van der Waals surface area (Å²) in [5.41, 5.74) is 6.22. The van der Waals surface area contributed by atoms with Crippen molar-refractivity contribution in [3.8, 4) is 0 Å². The molecule has 0 bridgehead atoms. The predicted octanol–water partition coefficient (Wildman–Crippen LogP) is 3.28. The number of rotatable bonds is 3. The van der Waals surface area contributed by atoms with E-state index in [0.717, 1.165) is 11.6 Å². The van der Waals surface area contributed by atoms with Crippen molar-refractivity contribution < 1.29 is 4.52 Å². The van der Waals surface area contributed by atoms with Gasteiger partial charge in [-0.25, -0.2) is 0 Å². The Bertz CT molecular complexity index is 444. The Kier molecular flexibility index (Phi) is 5.08. The molecule has 0 spiro atoms. The fourth-order valence-electron chi connectivity index (χ4n) is 1.90. The number of hydrogen-bond acceptors (Lipinski definition) is 6. The van der Waals surface area contributed by atoms with Crippen LogP contribution in [-0.2, 0) is 6.42 Å². The van der Waals surface area contributed by atoms with E-state index in [1.54, 1.807) is 0 Å². The maximum absolute atomic E-state index is 6.17. The van der Waals surface area contributed by atoms with Crippen molar-refractivity contribution in [1.82, 2.24) is 10.1 Å². The van der Waals surface area contributed by atoms with Gasteiger partial charge in [-0.1, -0.05) is 39.8 Å². The van der Waals surface area contributed by atoms with Crippen molar-refractivity contribution in [1.29, 1.82) is 0 Å². The SMILES string of the molecule is CC1SCC(c2noc(CC(N)C(C)(C)C)n2)SC1C. The minimum Gasteiger partial charge on any atom is -0.339 e. The van der Waals surface area contributed by atoms with Gasteiger partial charge >= 0.3 is 0 Å². The van der Waals surface area contributed by atoms with E-state index in [4.69, 9.17) is 10.3 Å². The molecule has 1 fully saturated rings. The summed E-state index contributed by atoms with van der Waals surface area (Å²) in [4.78, 5) is 4.55. The van der Waals surface area contributed by atoms with Crippen LogP contribution in [0, 0.1) is 5.41 Å². The van der Waals surface area contributed by atoms with E-state index >= 15 is 0 Å². The molecule has 20 heavy (non-hydrogen) atoms. The zero-order valence-corrected chi connectivity index (χ0v) is 14.6. The van der Waals surface area contributed by atoms with Gasteiger partial charge in [-0.15, -0.1) is 11.8 Å². The van der Waals surface area contributed by atoms with Gasteiger partial charge in [0.25, 0.3) is 0 Å². The third-order valence-electron chi connectivity index (χ3n) is 3.83. The van der Waals surface area contributed by atoms with Crippen LogP contribution in [0.1, 0.15) is 51.6 Å². The Morgan fingerprint density at radius 3 is 2.65 bits per heavy atom. The van der Waals surface area contributed by atoms with Gasteiger partial charge in [0.1, 0.15) is 0 Å². The number of aromatic nitrogens is 2. The molecule has 0 aliphatic carbocycles. The molecule has 2 N–H and O–H groups in total. The van der Waals surface area contributed by atoms with Crippen LogP contribution >= 0.6 is 23.5 Å². The van der Waals surface area contributed by atoms with Gasteiger partial charge in [-0.05, 0) is 5.41 Å². The van der Waals surface area contributed by atoms with Crippen LogP contribution in [0.4, 0.5) is 0 Å². The first-order valence-electron chi connectivity index (χ1n) is 7.12. The average molecular weight is 316 g/mol. The molecular weight excluding hydrogens is 290 g/mol. The molecule has 0 saturated carbocycles. The molecule has 4 unspecified atom stereocenters. The zero-order valence-electron chi connectivity index (χ0n) is 12.9. The lowest BCUT2D eigenvalue weighted by molar-refractivity contribution is 0.285. The first-order chi connectivity index (χ1) is 9.27. The van der Waals surface area contributed by atoms with Crippen molar-refractivity contribution >= 4 is 23.5 Å². The summed E-state index contributed by atoms with van der Waals surface area (Å²) in [5, 5.41) is 5.82. The Balaban J connectivity index is 1.99. The summed E-state index contributed by atoms with van der Waals surface area (Å²) >= 11 is 3.94. The van der Waals surface area contributed by atoms with Crippen LogP contribution in [0.15, 0.2) is 4.52 Å². The number of thioether (sulfide) groups is 2. The molecule has 114 valence electrons. The Hall–Kier alpha value is -0.200. The highest BCUT2D eigenvalue weighted by molar-refractivity contribution is 8.07. The minimum absolute atomic E-state index is 0.0307. The molecule has 2 heterocycles. The Morgan fingerprint density at radius 2 is 2.05 bits per heavy atom. The summed E-state index contributed by atoms with van der Waals surface area (Å²) in [6, 6.07) is 0.0307. The van der Waals surface area contributed by atoms with Gasteiger partial charge in [0.2, 0.25) is 5.89 Å². The first kappa shape index (κ1) is 16.2. The molecule has 4 atom stereocenters. The number of hydrogen-bond donors (Lipinski definition) is 1. The van der Waals surface area contributed by atoms with Crippen LogP contribution in [0.5, 0.6) is 0 Å². The van der Waals surface area contributed by atoms with Gasteiger partial charge in [-0.2, -0.15) is 16.7 Å². The highest BCUT2D eigenvalue weighted by Crippen LogP contribution is 2.43. The Labute approximate surface area is 130 Å². The van der Waals surface area contributed by atoms with E-state index in [1.807, 2.05) is 23.5 Å².